The lowest BCUT2D eigenvalue weighted by atomic mass is 10.2. The van der Waals surface area contributed by atoms with Crippen molar-refractivity contribution in [1.82, 2.24) is 4.90 Å². The first kappa shape index (κ1) is 13.1. The van der Waals surface area contributed by atoms with Gasteiger partial charge in [-0.1, -0.05) is 18.8 Å². The molecule has 96 valence electrons. The Hall–Kier alpha value is -1.31. The minimum absolute atomic E-state index is 0.0941. The molecule has 2 rings (SSSR count). The van der Waals surface area contributed by atoms with Gasteiger partial charge < -0.3 is 10.0 Å². The van der Waals surface area contributed by atoms with Gasteiger partial charge in [-0.2, -0.15) is 0 Å². The highest BCUT2D eigenvalue weighted by atomic mass is 32.1. The van der Waals surface area contributed by atoms with Crippen LogP contribution in [0.15, 0.2) is 11.4 Å². The summed E-state index contributed by atoms with van der Waals surface area (Å²) in [7, 11) is 0. The first-order valence-electron chi connectivity index (χ1n) is 6.26. The lowest BCUT2D eigenvalue weighted by Crippen LogP contribution is -2.33. The van der Waals surface area contributed by atoms with E-state index in [-0.39, 0.29) is 12.5 Å². The summed E-state index contributed by atoms with van der Waals surface area (Å²) in [5, 5.41) is 10.6. The van der Waals surface area contributed by atoms with Gasteiger partial charge in [-0.15, -0.1) is 11.3 Å². The Morgan fingerprint density at radius 3 is 3.00 bits per heavy atom. The molecule has 4 heteroatoms. The van der Waals surface area contributed by atoms with Gasteiger partial charge in [0, 0.05) is 18.2 Å². The van der Waals surface area contributed by atoms with E-state index in [9.17, 15) is 4.79 Å². The number of aliphatic hydroxyl groups is 1. The number of amides is 1. The molecule has 0 bridgehead atoms. The highest BCUT2D eigenvalue weighted by molar-refractivity contribution is 7.12. The molecule has 0 radical (unpaired) electrons. The highest BCUT2D eigenvalue weighted by Gasteiger charge is 2.33. The molecule has 0 atom stereocenters. The number of carbonyl (C=O) groups excluding carboxylic acids is 1. The second-order valence-electron chi connectivity index (χ2n) is 4.35. The maximum atomic E-state index is 12.5. The quantitative estimate of drug-likeness (QED) is 0.845. The van der Waals surface area contributed by atoms with E-state index in [0.717, 1.165) is 31.4 Å². The van der Waals surface area contributed by atoms with Gasteiger partial charge >= 0.3 is 0 Å². The van der Waals surface area contributed by atoms with Crippen LogP contribution in [-0.4, -0.2) is 35.1 Å². The van der Waals surface area contributed by atoms with Crippen molar-refractivity contribution in [3.8, 4) is 11.8 Å². The van der Waals surface area contributed by atoms with Gasteiger partial charge in [0.2, 0.25) is 0 Å². The zero-order valence-electron chi connectivity index (χ0n) is 10.5. The SMILES string of the molecule is CCCN(C(=O)c1sccc1C#CCO)C1CC1. The molecule has 1 fully saturated rings. The van der Waals surface area contributed by atoms with Crippen LogP contribution < -0.4 is 0 Å². The second-order valence-corrected chi connectivity index (χ2v) is 5.27. The molecule has 1 aliphatic rings. The van der Waals surface area contributed by atoms with Gasteiger partial charge in [0.1, 0.15) is 11.5 Å². The molecule has 0 spiro atoms. The zero-order chi connectivity index (χ0) is 13.0. The maximum absolute atomic E-state index is 12.5. The number of carbonyl (C=O) groups is 1. The number of thiophene rings is 1. The van der Waals surface area contributed by atoms with E-state index in [2.05, 4.69) is 18.8 Å². The van der Waals surface area contributed by atoms with Crippen molar-refractivity contribution in [2.75, 3.05) is 13.2 Å². The van der Waals surface area contributed by atoms with Crippen molar-refractivity contribution in [2.24, 2.45) is 0 Å². The molecule has 1 N–H and O–H groups in total. The number of aliphatic hydroxyl groups excluding tert-OH is 1. The molecule has 0 aromatic carbocycles. The van der Waals surface area contributed by atoms with E-state index in [1.54, 1.807) is 0 Å². The van der Waals surface area contributed by atoms with E-state index in [1.165, 1.54) is 11.3 Å². The van der Waals surface area contributed by atoms with E-state index in [4.69, 9.17) is 5.11 Å². The Morgan fingerprint density at radius 2 is 2.39 bits per heavy atom. The minimum Gasteiger partial charge on any atom is -0.384 e. The second kappa shape index (κ2) is 6.03. The predicted molar refractivity (Wildman–Crippen MR) is 72.6 cm³/mol. The van der Waals surface area contributed by atoms with Crippen LogP contribution in [0.3, 0.4) is 0 Å². The van der Waals surface area contributed by atoms with Gasteiger partial charge in [-0.25, -0.2) is 0 Å². The van der Waals surface area contributed by atoms with E-state index >= 15 is 0 Å². The predicted octanol–water partition coefficient (Wildman–Crippen LogP) is 2.11. The molecule has 0 saturated heterocycles. The van der Waals surface area contributed by atoms with Crippen molar-refractivity contribution in [2.45, 2.75) is 32.2 Å². The van der Waals surface area contributed by atoms with Crippen LogP contribution in [0.4, 0.5) is 0 Å². The number of nitrogens with zero attached hydrogens (tertiary/aromatic N) is 1. The molecule has 3 nitrogen and oxygen atoms in total. The third-order valence-corrected chi connectivity index (χ3v) is 3.78. The summed E-state index contributed by atoms with van der Waals surface area (Å²) >= 11 is 1.43. The molecule has 1 heterocycles. The Morgan fingerprint density at radius 1 is 1.61 bits per heavy atom. The standard InChI is InChI=1S/C14H17NO2S/c1-2-8-15(12-5-6-12)14(17)13-11(4-3-9-16)7-10-18-13/h7,10,12,16H,2,5-6,8-9H2,1H3. The van der Waals surface area contributed by atoms with E-state index < -0.39 is 0 Å². The molecule has 0 aliphatic heterocycles. The van der Waals surface area contributed by atoms with Gasteiger partial charge in [-0.3, -0.25) is 4.79 Å². The van der Waals surface area contributed by atoms with Gasteiger partial charge in [0.05, 0.1) is 0 Å². The summed E-state index contributed by atoms with van der Waals surface area (Å²) in [5.74, 6) is 5.54. The average molecular weight is 263 g/mol. The smallest absolute Gasteiger partial charge is 0.265 e. The van der Waals surface area contributed by atoms with Crippen LogP contribution in [-0.2, 0) is 0 Å². The van der Waals surface area contributed by atoms with Crippen molar-refractivity contribution >= 4 is 17.2 Å². The van der Waals surface area contributed by atoms with Crippen LogP contribution in [0.5, 0.6) is 0 Å². The Balaban J connectivity index is 2.18. The molecule has 0 unspecified atom stereocenters. The van der Waals surface area contributed by atoms with Crippen LogP contribution in [0.1, 0.15) is 41.4 Å². The lowest BCUT2D eigenvalue weighted by molar-refractivity contribution is 0.0748. The fraction of sp³-hybridized carbons (Fsp3) is 0.500. The van der Waals surface area contributed by atoms with Gasteiger partial charge in [-0.05, 0) is 30.7 Å². The normalized spacial score (nSPS) is 13.9. The molecule has 1 aliphatic carbocycles. The van der Waals surface area contributed by atoms with E-state index in [0.29, 0.717) is 10.9 Å². The molecular weight excluding hydrogens is 246 g/mol. The van der Waals surface area contributed by atoms with Crippen LogP contribution >= 0.6 is 11.3 Å². The fourth-order valence-electron chi connectivity index (χ4n) is 1.92. The zero-order valence-corrected chi connectivity index (χ0v) is 11.3. The molecule has 1 aromatic heterocycles. The minimum atomic E-state index is -0.176. The molecule has 18 heavy (non-hydrogen) atoms. The maximum Gasteiger partial charge on any atom is 0.265 e. The monoisotopic (exact) mass is 263 g/mol. The largest absolute Gasteiger partial charge is 0.384 e. The number of rotatable bonds is 4. The van der Waals surface area contributed by atoms with Crippen LogP contribution in [0, 0.1) is 11.8 Å². The highest BCUT2D eigenvalue weighted by Crippen LogP contribution is 2.30. The topological polar surface area (TPSA) is 40.5 Å². The Bertz CT molecular complexity index is 479. The Kier molecular flexibility index (Phi) is 4.40. The molecule has 1 aromatic rings. The van der Waals surface area contributed by atoms with Gasteiger partial charge in [0.25, 0.3) is 5.91 Å². The van der Waals surface area contributed by atoms with Gasteiger partial charge in [0.15, 0.2) is 0 Å². The summed E-state index contributed by atoms with van der Waals surface area (Å²) < 4.78 is 0. The van der Waals surface area contributed by atoms with Crippen molar-refractivity contribution in [1.29, 1.82) is 0 Å². The van der Waals surface area contributed by atoms with Crippen LogP contribution in [0.25, 0.3) is 0 Å². The summed E-state index contributed by atoms with van der Waals surface area (Å²) in [6.45, 7) is 2.72. The van der Waals surface area contributed by atoms with Crippen molar-refractivity contribution in [3.63, 3.8) is 0 Å². The van der Waals surface area contributed by atoms with Crippen molar-refractivity contribution < 1.29 is 9.90 Å². The Labute approximate surface area is 111 Å². The molecule has 1 saturated carbocycles. The van der Waals surface area contributed by atoms with Crippen LogP contribution in [0.2, 0.25) is 0 Å². The van der Waals surface area contributed by atoms with E-state index in [1.807, 2.05) is 16.3 Å². The molecular formula is C14H17NO2S. The summed E-state index contributed by atoms with van der Waals surface area (Å²) in [6.07, 6.45) is 3.22. The first-order valence-corrected chi connectivity index (χ1v) is 7.14. The third-order valence-electron chi connectivity index (χ3n) is 2.87. The first-order chi connectivity index (χ1) is 8.77. The number of hydrogen-bond donors (Lipinski definition) is 1. The third kappa shape index (κ3) is 2.92. The average Bonchev–Trinajstić information content (AvgIpc) is 3.11. The lowest BCUT2D eigenvalue weighted by Gasteiger charge is -2.21. The summed E-state index contributed by atoms with van der Waals surface area (Å²) in [6, 6.07) is 2.27. The van der Waals surface area contributed by atoms with Crippen molar-refractivity contribution in [3.05, 3.63) is 21.9 Å². The summed E-state index contributed by atoms with van der Waals surface area (Å²) in [4.78, 5) is 15.1. The molecule has 1 amide bonds. The number of hydrogen-bond acceptors (Lipinski definition) is 3. The fourth-order valence-corrected chi connectivity index (χ4v) is 2.72. The summed E-state index contributed by atoms with van der Waals surface area (Å²) in [5.41, 5.74) is 0.737.